The summed E-state index contributed by atoms with van der Waals surface area (Å²) in [6.45, 7) is 4.97. The number of aliphatic hydroxyl groups excluding tert-OH is 1. The maximum Gasteiger partial charge on any atom is 0.472 e. The fourth-order valence-electron chi connectivity index (χ4n) is 12.3. The highest BCUT2D eigenvalue weighted by Gasteiger charge is 2.28. The van der Waals surface area contributed by atoms with Crippen molar-refractivity contribution in [2.75, 3.05) is 40.9 Å². The van der Waals surface area contributed by atoms with Gasteiger partial charge in [0.25, 0.3) is 0 Å². The highest BCUT2D eigenvalue weighted by Crippen LogP contribution is 2.43. The lowest BCUT2D eigenvalue weighted by Gasteiger charge is -2.26. The number of rotatable bonds is 73. The number of carbonyl (C=O) groups excluding carboxylic acids is 1. The number of likely N-dealkylation sites (N-methyl/N-ethyl adjacent to an activating group) is 1. The van der Waals surface area contributed by atoms with Crippen LogP contribution in [0.5, 0.6) is 0 Å². The van der Waals surface area contributed by atoms with Crippen LogP contribution in [-0.2, 0) is 18.4 Å². The molecule has 0 aromatic rings. The van der Waals surface area contributed by atoms with Gasteiger partial charge in [0.1, 0.15) is 13.2 Å². The van der Waals surface area contributed by atoms with Gasteiger partial charge in [-0.2, -0.15) is 0 Å². The number of nitrogens with zero attached hydrogens (tertiary/aromatic N) is 1. The third-order valence-electron chi connectivity index (χ3n) is 18.3. The zero-order valence-corrected chi connectivity index (χ0v) is 59.3. The van der Waals surface area contributed by atoms with E-state index in [2.05, 4.69) is 31.3 Å². The minimum Gasteiger partial charge on any atom is -0.391 e. The second-order valence-electron chi connectivity index (χ2n) is 28.1. The van der Waals surface area contributed by atoms with Gasteiger partial charge >= 0.3 is 7.82 Å². The zero-order valence-electron chi connectivity index (χ0n) is 58.4. The van der Waals surface area contributed by atoms with Crippen LogP contribution in [0.2, 0.25) is 0 Å². The highest BCUT2D eigenvalue weighted by atomic mass is 31.2. The minimum atomic E-state index is -4.33. The number of unbranched alkanes of at least 4 members (excludes halogenated alkanes) is 58. The van der Waals surface area contributed by atoms with E-state index in [1.54, 1.807) is 0 Å². The van der Waals surface area contributed by atoms with E-state index in [-0.39, 0.29) is 19.1 Å². The number of phosphoric ester groups is 1. The van der Waals surface area contributed by atoms with Gasteiger partial charge in [-0.3, -0.25) is 13.8 Å². The summed E-state index contributed by atoms with van der Waals surface area (Å²) in [5.41, 5.74) is 0. The van der Waals surface area contributed by atoms with Crippen LogP contribution in [-0.4, -0.2) is 73.4 Å². The molecule has 0 aliphatic carbocycles. The van der Waals surface area contributed by atoms with E-state index in [0.717, 1.165) is 38.5 Å². The number of carbonyl (C=O) groups is 1. The maximum absolute atomic E-state index is 13.1. The Morgan fingerprint density at radius 1 is 0.388 bits per heavy atom. The Labute approximate surface area is 532 Å². The Hall–Kier alpha value is -0.760. The summed E-state index contributed by atoms with van der Waals surface area (Å²) in [5.74, 6) is -0.133. The quantitative estimate of drug-likeness (QED) is 0.0243. The molecule has 0 spiro atoms. The van der Waals surface area contributed by atoms with Crippen LogP contribution >= 0.6 is 7.82 Å². The van der Waals surface area contributed by atoms with E-state index in [0.29, 0.717) is 23.9 Å². The second kappa shape index (κ2) is 67.6. The molecule has 9 heteroatoms. The largest absolute Gasteiger partial charge is 0.472 e. The summed E-state index contributed by atoms with van der Waals surface area (Å²) in [7, 11) is 1.64. The third kappa shape index (κ3) is 70.6. The lowest BCUT2D eigenvalue weighted by molar-refractivity contribution is -0.870. The van der Waals surface area contributed by atoms with Gasteiger partial charge in [0, 0.05) is 6.42 Å². The molecule has 0 aliphatic rings. The van der Waals surface area contributed by atoms with Crippen LogP contribution < -0.4 is 5.32 Å². The molecule has 0 saturated heterocycles. The van der Waals surface area contributed by atoms with E-state index in [1.807, 2.05) is 21.1 Å². The van der Waals surface area contributed by atoms with Gasteiger partial charge in [-0.1, -0.05) is 386 Å². The van der Waals surface area contributed by atoms with Crippen LogP contribution in [0.3, 0.4) is 0 Å². The molecule has 1 amide bonds. The van der Waals surface area contributed by atoms with E-state index >= 15 is 0 Å². The monoisotopic (exact) mass is 1220 g/mol. The van der Waals surface area contributed by atoms with Crippen LogP contribution in [0.4, 0.5) is 0 Å². The summed E-state index contributed by atoms with van der Waals surface area (Å²) in [5, 5.41) is 14.2. The van der Waals surface area contributed by atoms with Gasteiger partial charge in [-0.25, -0.2) is 4.57 Å². The average molecular weight is 1220 g/mol. The molecule has 0 aliphatic heterocycles. The molecule has 85 heavy (non-hydrogen) atoms. The molecule has 8 nitrogen and oxygen atoms in total. The van der Waals surface area contributed by atoms with Crippen molar-refractivity contribution in [3.63, 3.8) is 0 Å². The summed E-state index contributed by atoms with van der Waals surface area (Å²) < 4.78 is 23.9. The van der Waals surface area contributed by atoms with Gasteiger partial charge in [-0.15, -0.1) is 0 Å². The summed E-state index contributed by atoms with van der Waals surface area (Å²) in [6.07, 6.45) is 87.8. The maximum atomic E-state index is 13.1. The van der Waals surface area contributed by atoms with Crippen LogP contribution in [0, 0.1) is 0 Å². The molecule has 0 aromatic carbocycles. The van der Waals surface area contributed by atoms with Crippen molar-refractivity contribution in [1.82, 2.24) is 5.32 Å². The van der Waals surface area contributed by atoms with E-state index in [4.69, 9.17) is 9.05 Å². The molecule has 0 radical (unpaired) electrons. The number of hydrogen-bond donors (Lipinski definition) is 3. The standard InChI is InChI=1S/C76H153N2O6P/c1-6-8-10-12-14-16-18-20-22-24-26-28-30-32-34-36-37-38-39-40-41-42-44-46-48-50-52-54-56-58-60-62-64-66-68-70-76(80)77-74(73-84-85(81,82)83-72-71-78(3,4)5)75(79)69-67-65-63-61-59-57-55-53-51-49-47-45-43-35-33-31-29-27-25-23-21-19-17-15-13-11-9-7-2/h24,26,74-75,79H,6-23,25,27-73H2,1-5H3,(H-,77,80,81,82)/p+1/b26-24-. The predicted molar refractivity (Wildman–Crippen MR) is 374 cm³/mol. The molecule has 0 rings (SSSR count). The number of nitrogens with one attached hydrogen (secondary N) is 1. The normalized spacial score (nSPS) is 13.5. The molecule has 3 unspecified atom stereocenters. The first-order chi connectivity index (χ1) is 41.5. The molecular formula is C76H154N2O6P+. The smallest absolute Gasteiger partial charge is 0.391 e. The number of phosphoric acid groups is 1. The predicted octanol–water partition coefficient (Wildman–Crippen LogP) is 24.8. The summed E-state index contributed by atoms with van der Waals surface area (Å²) in [4.78, 5) is 23.5. The number of amides is 1. The van der Waals surface area contributed by atoms with Crippen LogP contribution in [0.25, 0.3) is 0 Å². The molecule has 0 bridgehead atoms. The van der Waals surface area contributed by atoms with Crippen molar-refractivity contribution in [2.24, 2.45) is 0 Å². The Balaban J connectivity index is 3.92. The first-order valence-electron chi connectivity index (χ1n) is 38.6. The SMILES string of the molecule is CCCCCCCCCC/C=C\CCCCCCCCCCCCCCCCCCCCCCCCCC(=O)NC(COP(=O)(O)OCC[N+](C)(C)C)C(O)CCCCCCCCCCCCCCCCCCCCCCCCCCCCCC. The van der Waals surface area contributed by atoms with Crippen molar-refractivity contribution in [3.8, 4) is 0 Å². The molecule has 508 valence electrons. The van der Waals surface area contributed by atoms with Gasteiger partial charge in [0.05, 0.1) is 39.9 Å². The lowest BCUT2D eigenvalue weighted by Crippen LogP contribution is -2.46. The van der Waals surface area contributed by atoms with Crippen molar-refractivity contribution >= 4 is 13.7 Å². The molecular weight excluding hydrogens is 1070 g/mol. The van der Waals surface area contributed by atoms with Gasteiger partial charge in [0.15, 0.2) is 0 Å². The fourth-order valence-corrected chi connectivity index (χ4v) is 13.0. The molecule has 0 aromatic heterocycles. The van der Waals surface area contributed by atoms with Gasteiger partial charge < -0.3 is 19.8 Å². The minimum absolute atomic E-state index is 0.0788. The average Bonchev–Trinajstić information content (AvgIpc) is 3.48. The highest BCUT2D eigenvalue weighted by molar-refractivity contribution is 7.47. The summed E-state index contributed by atoms with van der Waals surface area (Å²) in [6, 6.07) is -0.759. The second-order valence-corrected chi connectivity index (χ2v) is 29.5. The lowest BCUT2D eigenvalue weighted by atomic mass is 10.0. The fraction of sp³-hybridized carbons (Fsp3) is 0.961. The van der Waals surface area contributed by atoms with Gasteiger partial charge in [0.2, 0.25) is 5.91 Å². The Morgan fingerprint density at radius 3 is 0.906 bits per heavy atom. The number of quaternary nitrogens is 1. The first kappa shape index (κ1) is 84.2. The number of allylic oxidation sites excluding steroid dienone is 2. The molecule has 3 N–H and O–H groups in total. The van der Waals surface area contributed by atoms with Crippen molar-refractivity contribution in [3.05, 3.63) is 12.2 Å². The Bertz CT molecular complexity index is 1390. The zero-order chi connectivity index (χ0) is 61.9. The number of hydrogen-bond acceptors (Lipinski definition) is 5. The van der Waals surface area contributed by atoms with Crippen LogP contribution in [0.1, 0.15) is 418 Å². The van der Waals surface area contributed by atoms with Gasteiger partial charge in [-0.05, 0) is 38.5 Å². The molecule has 0 heterocycles. The third-order valence-corrected chi connectivity index (χ3v) is 19.2. The Morgan fingerprint density at radius 2 is 0.635 bits per heavy atom. The van der Waals surface area contributed by atoms with Crippen molar-refractivity contribution in [1.29, 1.82) is 0 Å². The molecule has 3 atom stereocenters. The van der Waals surface area contributed by atoms with E-state index in [9.17, 15) is 19.4 Å². The van der Waals surface area contributed by atoms with Crippen molar-refractivity contribution in [2.45, 2.75) is 431 Å². The topological polar surface area (TPSA) is 105 Å². The van der Waals surface area contributed by atoms with E-state index in [1.165, 1.54) is 353 Å². The number of aliphatic hydroxyl groups is 1. The molecule has 0 fully saturated rings. The van der Waals surface area contributed by atoms with E-state index < -0.39 is 20.0 Å². The summed E-state index contributed by atoms with van der Waals surface area (Å²) >= 11 is 0. The van der Waals surface area contributed by atoms with Crippen molar-refractivity contribution < 1.29 is 32.9 Å². The first-order valence-corrected chi connectivity index (χ1v) is 40.0. The Kier molecular flexibility index (Phi) is 67.0. The van der Waals surface area contributed by atoms with Crippen LogP contribution in [0.15, 0.2) is 12.2 Å². The molecule has 0 saturated carbocycles.